The van der Waals surface area contributed by atoms with Crippen LogP contribution in [-0.4, -0.2) is 30.4 Å². The largest absolute Gasteiger partial charge is 1.00 e. The average molecular weight is 365 g/mol. The molecule has 25 heavy (non-hydrogen) atoms. The Morgan fingerprint density at radius 3 is 2.80 bits per heavy atom. The van der Waals surface area contributed by atoms with Crippen molar-refractivity contribution >= 4 is 17.5 Å². The number of thioether (sulfide) groups is 1. The number of allylic oxidation sites excluding steroid dienone is 1. The van der Waals surface area contributed by atoms with Gasteiger partial charge in [0.25, 0.3) is 0 Å². The van der Waals surface area contributed by atoms with Gasteiger partial charge >= 0.3 is 29.6 Å². The molecule has 1 aliphatic heterocycles. The Hall–Kier alpha value is -0.780. The second kappa shape index (κ2) is 12.6. The molecule has 128 valence electrons. The minimum atomic E-state index is -0.0275. The molecule has 0 saturated heterocycles. The third-order valence-corrected chi connectivity index (χ3v) is 4.60. The molecule has 1 aromatic rings. The van der Waals surface area contributed by atoms with Crippen LogP contribution in [0.1, 0.15) is 25.3 Å². The summed E-state index contributed by atoms with van der Waals surface area (Å²) in [5, 5.41) is 10.7. The molecule has 1 aromatic carbocycles. The molecule has 0 unspecified atom stereocenters. The topological polar surface area (TPSA) is 44.6 Å². The normalized spacial score (nSPS) is 13.9. The second-order valence-corrected chi connectivity index (χ2v) is 6.71. The van der Waals surface area contributed by atoms with Crippen molar-refractivity contribution in [1.82, 2.24) is 0 Å². The van der Waals surface area contributed by atoms with Gasteiger partial charge in [-0.25, -0.2) is 0 Å². The average Bonchev–Trinajstić information content (AvgIpc) is 2.95. The molecular formula is C20H24NNaO2S. The Morgan fingerprint density at radius 1 is 1.32 bits per heavy atom. The molecule has 5 heteroatoms. The molecular weight excluding hydrogens is 341 g/mol. The van der Waals surface area contributed by atoms with E-state index in [2.05, 4.69) is 25.6 Å². The van der Waals surface area contributed by atoms with Gasteiger partial charge < -0.3 is 9.84 Å². The zero-order valence-electron chi connectivity index (χ0n) is 15.2. The summed E-state index contributed by atoms with van der Waals surface area (Å²) in [6.07, 6.45) is 5.80. The van der Waals surface area contributed by atoms with Crippen LogP contribution >= 0.6 is 11.8 Å². The zero-order valence-corrected chi connectivity index (χ0v) is 18.0. The van der Waals surface area contributed by atoms with E-state index in [1.807, 2.05) is 30.4 Å². The number of rotatable bonds is 10. The first-order chi connectivity index (χ1) is 11.7. The molecule has 0 aliphatic carbocycles. The first-order valence-electron chi connectivity index (χ1n) is 8.13. The second-order valence-electron chi connectivity index (χ2n) is 5.68. The van der Waals surface area contributed by atoms with Gasteiger partial charge in [0, 0.05) is 30.0 Å². The van der Waals surface area contributed by atoms with Crippen LogP contribution in [0.4, 0.5) is 0 Å². The van der Waals surface area contributed by atoms with Crippen LogP contribution in [0, 0.1) is 0 Å². The van der Waals surface area contributed by atoms with Crippen LogP contribution in [0.15, 0.2) is 71.1 Å². The van der Waals surface area contributed by atoms with Crippen molar-refractivity contribution in [2.45, 2.75) is 19.8 Å². The maximum absolute atomic E-state index is 10.7. The van der Waals surface area contributed by atoms with Crippen molar-refractivity contribution in [3.05, 3.63) is 71.7 Å². The van der Waals surface area contributed by atoms with E-state index in [-0.39, 0.29) is 35.3 Å². The van der Waals surface area contributed by atoms with Gasteiger partial charge in [-0.05, 0) is 18.1 Å². The quantitative estimate of drug-likeness (QED) is 0.266. The van der Waals surface area contributed by atoms with Crippen LogP contribution in [0.5, 0.6) is 0 Å². The SMILES string of the molecule is C=C([O-])CSC/C=C/COCCC1=C(C)CC(c2ccccc2)=N1.[Na+]. The molecule has 0 saturated carbocycles. The molecule has 0 atom stereocenters. The zero-order chi connectivity index (χ0) is 17.2. The van der Waals surface area contributed by atoms with Crippen molar-refractivity contribution < 1.29 is 39.4 Å². The fourth-order valence-corrected chi connectivity index (χ4v) is 3.03. The Morgan fingerprint density at radius 2 is 2.08 bits per heavy atom. The van der Waals surface area contributed by atoms with Crippen molar-refractivity contribution in [3.63, 3.8) is 0 Å². The Kier molecular flexibility index (Phi) is 11.2. The molecule has 1 heterocycles. The maximum atomic E-state index is 10.7. The van der Waals surface area contributed by atoms with Crippen molar-refractivity contribution in [2.75, 3.05) is 24.7 Å². The standard InChI is InChI=1S/C20H25NO2S.Na/c1-16-14-20(18-8-4-3-5-9-18)21-19(16)10-12-23-11-6-7-13-24-15-17(2)22;/h3-9,22H,2,10-15H2,1H3;/q;+1/p-1/b7-6+;. The van der Waals surface area contributed by atoms with E-state index in [9.17, 15) is 5.11 Å². The van der Waals surface area contributed by atoms with Gasteiger partial charge in [0.15, 0.2) is 0 Å². The fraction of sp³-hybridized carbons (Fsp3) is 0.350. The third kappa shape index (κ3) is 8.43. The maximum Gasteiger partial charge on any atom is 1.00 e. The van der Waals surface area contributed by atoms with Gasteiger partial charge in [-0.2, -0.15) is 11.8 Å². The van der Waals surface area contributed by atoms with Crippen molar-refractivity contribution in [2.24, 2.45) is 4.99 Å². The van der Waals surface area contributed by atoms with Crippen molar-refractivity contribution in [3.8, 4) is 0 Å². The summed E-state index contributed by atoms with van der Waals surface area (Å²) in [4.78, 5) is 4.77. The Bertz CT molecular complexity index is 638. The summed E-state index contributed by atoms with van der Waals surface area (Å²) >= 11 is 1.56. The monoisotopic (exact) mass is 365 g/mol. The first-order valence-corrected chi connectivity index (χ1v) is 9.29. The van der Waals surface area contributed by atoms with E-state index >= 15 is 0 Å². The number of hydrogen-bond donors (Lipinski definition) is 0. The summed E-state index contributed by atoms with van der Waals surface area (Å²) in [6, 6.07) is 10.3. The predicted octanol–water partition coefficient (Wildman–Crippen LogP) is 0.728. The molecule has 0 N–H and O–H groups in total. The van der Waals surface area contributed by atoms with E-state index in [1.54, 1.807) is 11.8 Å². The van der Waals surface area contributed by atoms with Crippen molar-refractivity contribution in [1.29, 1.82) is 0 Å². The molecule has 1 aliphatic rings. The Balaban J connectivity index is 0.00000312. The molecule has 3 nitrogen and oxygen atoms in total. The molecule has 0 bridgehead atoms. The van der Waals surface area contributed by atoms with Gasteiger partial charge in [0.2, 0.25) is 0 Å². The van der Waals surface area contributed by atoms with Gasteiger partial charge in [0.1, 0.15) is 0 Å². The summed E-state index contributed by atoms with van der Waals surface area (Å²) in [5.41, 5.74) is 4.85. The van der Waals surface area contributed by atoms with E-state index in [4.69, 9.17) is 9.73 Å². The van der Waals surface area contributed by atoms with Crippen LogP contribution in [0.3, 0.4) is 0 Å². The third-order valence-electron chi connectivity index (χ3n) is 3.64. The van der Waals surface area contributed by atoms with Crippen LogP contribution in [-0.2, 0) is 4.74 Å². The van der Waals surface area contributed by atoms with Crippen LogP contribution in [0.25, 0.3) is 0 Å². The molecule has 0 radical (unpaired) electrons. The van der Waals surface area contributed by atoms with E-state index < -0.39 is 0 Å². The summed E-state index contributed by atoms with van der Waals surface area (Å²) in [7, 11) is 0. The molecule has 0 spiro atoms. The van der Waals surface area contributed by atoms with E-state index in [0.717, 1.165) is 30.0 Å². The number of hydrogen-bond acceptors (Lipinski definition) is 4. The summed E-state index contributed by atoms with van der Waals surface area (Å²) in [6.45, 7) is 6.76. The number of ether oxygens (including phenoxy) is 1. The number of benzene rings is 1. The van der Waals surface area contributed by atoms with Gasteiger partial charge in [-0.3, -0.25) is 4.99 Å². The Labute approximate surface area is 177 Å². The molecule has 0 fully saturated rings. The minimum absolute atomic E-state index is 0. The smallest absolute Gasteiger partial charge is 0.875 e. The van der Waals surface area contributed by atoms with Crippen LogP contribution in [0.2, 0.25) is 0 Å². The minimum Gasteiger partial charge on any atom is -0.875 e. The molecule has 0 amide bonds. The molecule has 0 aromatic heterocycles. The molecule has 2 rings (SSSR count). The van der Waals surface area contributed by atoms with Crippen LogP contribution < -0.4 is 34.7 Å². The number of aliphatic imine (C=N–C) groups is 1. The van der Waals surface area contributed by atoms with Gasteiger partial charge in [-0.1, -0.05) is 42.5 Å². The summed E-state index contributed by atoms with van der Waals surface area (Å²) < 4.78 is 5.63. The summed E-state index contributed by atoms with van der Waals surface area (Å²) in [5.74, 6) is 1.26. The first kappa shape index (κ1) is 22.3. The predicted molar refractivity (Wildman–Crippen MR) is 101 cm³/mol. The van der Waals surface area contributed by atoms with E-state index in [1.165, 1.54) is 11.1 Å². The fourth-order valence-electron chi connectivity index (χ4n) is 2.41. The number of nitrogens with zero attached hydrogens (tertiary/aromatic N) is 1. The van der Waals surface area contributed by atoms with E-state index in [0.29, 0.717) is 19.0 Å². The van der Waals surface area contributed by atoms with Gasteiger partial charge in [-0.15, -0.1) is 12.3 Å². The van der Waals surface area contributed by atoms with Gasteiger partial charge in [0.05, 0.1) is 18.9 Å².